The van der Waals surface area contributed by atoms with Crippen molar-refractivity contribution in [1.82, 2.24) is 54.5 Å². The Morgan fingerprint density at radius 3 is 1.09 bits per heavy atom. The van der Waals surface area contributed by atoms with E-state index < -0.39 is 47.5 Å². The number of alkyl halides is 12. The number of aromatic nitrogens is 11. The number of fused-ring (bicyclic) bond motifs is 3. The maximum atomic E-state index is 13.2. The minimum absolute atomic E-state index is 0.259. The summed E-state index contributed by atoms with van der Waals surface area (Å²) in [7, 11) is 0. The Morgan fingerprint density at radius 2 is 0.724 bits per heavy atom. The Kier molecular flexibility index (Phi) is 16.8. The molecule has 0 fully saturated rings. The van der Waals surface area contributed by atoms with Crippen molar-refractivity contribution < 1.29 is 61.5 Å². The van der Waals surface area contributed by atoms with Crippen LogP contribution < -0.4 is 0 Å². The smallest absolute Gasteiger partial charge is 0.274 e. The van der Waals surface area contributed by atoms with E-state index in [1.54, 1.807) is 120 Å². The van der Waals surface area contributed by atoms with Gasteiger partial charge in [0.2, 0.25) is 0 Å². The van der Waals surface area contributed by atoms with Gasteiger partial charge in [-0.15, -0.1) is 0 Å². The lowest BCUT2D eigenvalue weighted by molar-refractivity contribution is -0.142. The van der Waals surface area contributed by atoms with Crippen LogP contribution in [0.5, 0.6) is 0 Å². The standard InChI is InChI=1S/C23H13F6N5.C19H11F4N3.C15H9ClFN.C4H3F3N2/c24-22(25,26)20-9-11-33(31-20)15-7-5-14(6-8-15)18-13-19(16-3-1-2-4-17(16)30-18)34-12-10-21(32-34)23(27,28)29;20-13-7-5-12(6-8-13)16-11-17(14-3-1-2-4-15(14)24-16)26-10-9-18(25-26)19(21,22)23;16-13-9-15(10-5-7-11(17)8-6-10)18-14-4-2-1-3-12(13)14;5-4(6,7)3-1-2-8-9-3/h1-13H;1-11H;1-9H;1-2H,(H,8,9). The minimum Gasteiger partial charge on any atom is -0.274 e. The third-order valence-corrected chi connectivity index (χ3v) is 13.0. The number of pyridine rings is 3. The molecular weight excluding hydrogens is 1190 g/mol. The largest absolute Gasteiger partial charge is 0.435 e. The van der Waals surface area contributed by atoms with Gasteiger partial charge in [-0.1, -0.05) is 78.3 Å². The number of hydrogen-bond donors (Lipinski definition) is 1. The molecule has 7 heterocycles. The van der Waals surface area contributed by atoms with Crippen molar-refractivity contribution in [2.24, 2.45) is 0 Å². The fourth-order valence-corrected chi connectivity index (χ4v) is 8.81. The Hall–Kier alpha value is -10.3. The molecule has 13 aromatic rings. The first-order valence-electron chi connectivity index (χ1n) is 25.3. The van der Waals surface area contributed by atoms with E-state index in [-0.39, 0.29) is 11.6 Å². The molecule has 7 aromatic heterocycles. The maximum absolute atomic E-state index is 13.2. The van der Waals surface area contributed by atoms with Crippen LogP contribution >= 0.6 is 11.6 Å². The number of rotatable bonds is 6. The van der Waals surface area contributed by atoms with Gasteiger partial charge in [0.15, 0.2) is 17.1 Å². The fourth-order valence-electron chi connectivity index (χ4n) is 8.55. The molecule has 0 saturated carbocycles. The van der Waals surface area contributed by atoms with Gasteiger partial charge in [-0.25, -0.2) is 37.8 Å². The van der Waals surface area contributed by atoms with Crippen molar-refractivity contribution in [1.29, 1.82) is 0 Å². The molecule has 26 heteroatoms. The molecule has 0 radical (unpaired) electrons. The molecule has 0 aliphatic rings. The Morgan fingerprint density at radius 1 is 0.368 bits per heavy atom. The molecule has 0 unspecified atom stereocenters. The molecule has 0 bridgehead atoms. The van der Waals surface area contributed by atoms with E-state index in [1.807, 2.05) is 24.3 Å². The zero-order valence-corrected chi connectivity index (χ0v) is 44.6. The van der Waals surface area contributed by atoms with Crippen molar-refractivity contribution in [3.05, 3.63) is 252 Å². The molecule has 0 atom stereocenters. The van der Waals surface area contributed by atoms with E-state index in [9.17, 15) is 61.5 Å². The normalized spacial score (nSPS) is 11.9. The Labute approximate surface area is 486 Å². The second-order valence-corrected chi connectivity index (χ2v) is 19.0. The van der Waals surface area contributed by atoms with Crippen LogP contribution in [0.15, 0.2) is 213 Å². The highest BCUT2D eigenvalue weighted by atomic mass is 35.5. The van der Waals surface area contributed by atoms with Crippen LogP contribution in [0.4, 0.5) is 61.5 Å². The summed E-state index contributed by atoms with van der Waals surface area (Å²) in [5.41, 5.74) is 3.29. The molecule has 0 aliphatic heterocycles. The highest BCUT2D eigenvalue weighted by Crippen LogP contribution is 2.35. The summed E-state index contributed by atoms with van der Waals surface area (Å²) >= 11 is 6.23. The van der Waals surface area contributed by atoms with Crippen molar-refractivity contribution in [2.75, 3.05) is 0 Å². The number of para-hydroxylation sites is 3. The topological polar surface area (TPSA) is 121 Å². The number of halogens is 15. The second-order valence-electron chi connectivity index (χ2n) is 18.6. The zero-order chi connectivity index (χ0) is 61.8. The molecule has 6 aromatic carbocycles. The molecule has 0 saturated heterocycles. The Bertz CT molecular complexity index is 4500. The lowest BCUT2D eigenvalue weighted by Crippen LogP contribution is -2.07. The number of hydrogen-bond acceptors (Lipinski definition) is 7. The number of aromatic amines is 1. The molecule has 1 N–H and O–H groups in total. The summed E-state index contributed by atoms with van der Waals surface area (Å²) in [5.74, 6) is -0.637. The highest BCUT2D eigenvalue weighted by molar-refractivity contribution is 6.35. The predicted octanol–water partition coefficient (Wildman–Crippen LogP) is 17.7. The molecule has 0 aliphatic carbocycles. The lowest BCUT2D eigenvalue weighted by Gasteiger charge is -2.11. The molecule has 87 heavy (non-hydrogen) atoms. The zero-order valence-electron chi connectivity index (χ0n) is 43.8. The first-order valence-corrected chi connectivity index (χ1v) is 25.7. The summed E-state index contributed by atoms with van der Waals surface area (Å²) < 4.78 is 180. The van der Waals surface area contributed by atoms with Gasteiger partial charge in [0.1, 0.15) is 17.3 Å². The monoisotopic (exact) mass is 1220 g/mol. The summed E-state index contributed by atoms with van der Waals surface area (Å²) in [6.45, 7) is 0. The molecule has 11 nitrogen and oxygen atoms in total. The van der Waals surface area contributed by atoms with E-state index in [2.05, 4.69) is 35.3 Å². The summed E-state index contributed by atoms with van der Waals surface area (Å²) in [4.78, 5) is 13.7. The summed E-state index contributed by atoms with van der Waals surface area (Å²) in [6.07, 6.45) is -13.2. The fraction of sp³-hybridized carbons (Fsp3) is 0.0656. The van der Waals surface area contributed by atoms with Gasteiger partial charge in [0.05, 0.1) is 55.7 Å². The number of nitrogens with one attached hydrogen (secondary N) is 1. The van der Waals surface area contributed by atoms with Crippen LogP contribution in [0.1, 0.15) is 22.8 Å². The number of benzene rings is 6. The second kappa shape index (κ2) is 24.4. The van der Waals surface area contributed by atoms with E-state index >= 15 is 0 Å². The van der Waals surface area contributed by atoms with Crippen LogP contribution in [0.3, 0.4) is 0 Å². The van der Waals surface area contributed by atoms with Gasteiger partial charge in [0, 0.05) is 57.6 Å². The van der Waals surface area contributed by atoms with E-state index in [0.717, 1.165) is 62.0 Å². The van der Waals surface area contributed by atoms with Gasteiger partial charge in [0.25, 0.3) is 0 Å². The first-order chi connectivity index (χ1) is 41.3. The van der Waals surface area contributed by atoms with E-state index in [4.69, 9.17) is 11.6 Å². The van der Waals surface area contributed by atoms with Crippen LogP contribution in [0.2, 0.25) is 5.02 Å². The SMILES string of the molecule is FC(F)(F)c1ccn(-c2ccc(-c3cc(-n4ccc(C(F)(F)F)n4)c4ccccc4n3)cc2)n1.FC(F)(F)c1ccn[nH]1.Fc1ccc(-c2cc(-n3ccc(C(F)(F)F)n3)c3ccccc3n2)cc1.Fc1ccc(-c2cc(Cl)c3ccccc3n2)cc1. The van der Waals surface area contributed by atoms with Crippen molar-refractivity contribution >= 4 is 44.3 Å². The van der Waals surface area contributed by atoms with Gasteiger partial charge in [-0.05, 0) is 121 Å². The van der Waals surface area contributed by atoms with E-state index in [1.165, 1.54) is 47.5 Å². The van der Waals surface area contributed by atoms with Crippen molar-refractivity contribution in [2.45, 2.75) is 24.7 Å². The third kappa shape index (κ3) is 14.1. The Balaban J connectivity index is 0.000000139. The molecule has 0 amide bonds. The molecule has 13 rings (SSSR count). The number of H-pyrrole nitrogens is 1. The van der Waals surface area contributed by atoms with E-state index in [0.29, 0.717) is 66.4 Å². The first kappa shape index (κ1) is 59.8. The quantitative estimate of drug-likeness (QED) is 0.165. The number of nitrogens with zero attached hydrogens (tertiary/aromatic N) is 10. The average molecular weight is 1220 g/mol. The molecule has 0 spiro atoms. The van der Waals surface area contributed by atoms with Crippen molar-refractivity contribution in [3.8, 4) is 50.8 Å². The van der Waals surface area contributed by atoms with Crippen LogP contribution in [0.25, 0.3) is 83.5 Å². The van der Waals surface area contributed by atoms with Gasteiger partial charge in [-0.2, -0.15) is 73.1 Å². The van der Waals surface area contributed by atoms with Gasteiger partial charge in [-0.3, -0.25) is 5.10 Å². The maximum Gasteiger partial charge on any atom is 0.435 e. The molecule has 440 valence electrons. The summed E-state index contributed by atoms with van der Waals surface area (Å²) in [5, 5.41) is 18.7. The minimum atomic E-state index is -4.58. The van der Waals surface area contributed by atoms with Crippen LogP contribution in [-0.4, -0.2) is 54.5 Å². The van der Waals surface area contributed by atoms with Gasteiger partial charge < -0.3 is 0 Å². The van der Waals surface area contributed by atoms with Crippen LogP contribution in [-0.2, 0) is 24.7 Å². The van der Waals surface area contributed by atoms with Crippen molar-refractivity contribution in [3.63, 3.8) is 0 Å². The summed E-state index contributed by atoms with van der Waals surface area (Å²) in [6, 6.07) is 48.8. The lowest BCUT2D eigenvalue weighted by atomic mass is 10.1. The van der Waals surface area contributed by atoms with Crippen LogP contribution in [0, 0.1) is 11.6 Å². The molecular formula is C61H36ClF14N11. The van der Waals surface area contributed by atoms with Gasteiger partial charge >= 0.3 is 24.7 Å². The third-order valence-electron chi connectivity index (χ3n) is 12.7. The predicted molar refractivity (Wildman–Crippen MR) is 296 cm³/mol. The average Bonchev–Trinajstić information content (AvgIpc) is 3.14. The highest BCUT2D eigenvalue weighted by Gasteiger charge is 2.36.